The number of methoxy groups -OCH3 is 1. The van der Waals surface area contributed by atoms with Crippen LogP contribution in [0.1, 0.15) is 89.5 Å². The number of nitrogens with one attached hydrogen (secondary N) is 3. The van der Waals surface area contributed by atoms with Gasteiger partial charge in [-0.25, -0.2) is 17.9 Å². The van der Waals surface area contributed by atoms with Gasteiger partial charge in [-0.2, -0.15) is 5.10 Å². The van der Waals surface area contributed by atoms with Gasteiger partial charge in [-0.05, 0) is 87.3 Å². The predicted molar refractivity (Wildman–Crippen MR) is 212 cm³/mol. The van der Waals surface area contributed by atoms with Gasteiger partial charge in [0.05, 0.1) is 30.2 Å². The van der Waals surface area contributed by atoms with Crippen molar-refractivity contribution >= 4 is 55.3 Å². The lowest BCUT2D eigenvalue weighted by molar-refractivity contribution is -0.141. The second-order valence-electron chi connectivity index (χ2n) is 15.9. The van der Waals surface area contributed by atoms with Crippen LogP contribution in [0.25, 0.3) is 21.2 Å². The first-order chi connectivity index (χ1) is 27.5. The molecule has 3 aliphatic carbocycles. The second kappa shape index (κ2) is 15.9. The summed E-state index contributed by atoms with van der Waals surface area (Å²) in [6.07, 6.45) is 12.0. The number of alkyl carbamates (subject to hydrolysis) is 1. The number of fused-ring (bicyclic) bond motifs is 3. The van der Waals surface area contributed by atoms with Crippen LogP contribution in [0.2, 0.25) is 0 Å². The summed E-state index contributed by atoms with van der Waals surface area (Å²) in [4.78, 5) is 71.7. The largest absolute Gasteiger partial charge is 0.491 e. The molecular weight excluding hydrogens is 773 g/mol. The Hall–Kier alpha value is -4.77. The maximum absolute atomic E-state index is 14.7. The minimum atomic E-state index is -3.92. The van der Waals surface area contributed by atoms with Crippen LogP contribution in [-0.2, 0) is 29.1 Å². The standard InChI is InChI=1S/C40H48N6O9S2/c1-54-34-30(28-13-9-15-33-29(28)18-19-56-33)22-41-46(37(34)49)25-20-32-35(47)43-40(38(50)44-57(52,53)27-16-17-27)21-24(40)10-5-3-2-4-6-14-31(36(48)45(32)23-25)42-39(51)55-26-11-7-8-12-26/h5,9-10,13,15,18-19,22,24-27,31-32H,2-4,6-8,11-12,14,16-17,20-21,23H2,1H3,(H,42,51)(H,43,47)(H,44,50)/b10-5-/t24-,25?,31+,32+,40?/m1/s1. The number of rotatable bonds is 8. The van der Waals surface area contributed by atoms with Gasteiger partial charge in [-0.1, -0.05) is 37.1 Å². The molecule has 3 N–H and O–H groups in total. The molecule has 3 saturated carbocycles. The summed E-state index contributed by atoms with van der Waals surface area (Å²) >= 11 is 1.57. The summed E-state index contributed by atoms with van der Waals surface area (Å²) in [5, 5.41) is 12.5. The highest BCUT2D eigenvalue weighted by Gasteiger charge is 2.62. The van der Waals surface area contributed by atoms with Gasteiger partial charge in [0.15, 0.2) is 5.75 Å². The second-order valence-corrected chi connectivity index (χ2v) is 18.8. The number of benzene rings is 1. The van der Waals surface area contributed by atoms with Gasteiger partial charge in [0, 0.05) is 29.0 Å². The molecular formula is C40H48N6O9S2. The number of thiophene rings is 1. The van der Waals surface area contributed by atoms with Gasteiger partial charge < -0.3 is 25.0 Å². The molecule has 3 aromatic rings. The number of allylic oxidation sites excluding steroid dienone is 1. The Labute approximate surface area is 334 Å². The highest BCUT2D eigenvalue weighted by atomic mass is 32.2. The lowest BCUT2D eigenvalue weighted by Gasteiger charge is -2.30. The molecule has 1 aromatic carbocycles. The number of hydrogen-bond donors (Lipinski definition) is 3. The third-order valence-electron chi connectivity index (χ3n) is 12.0. The fraction of sp³-hybridized carbons (Fsp3) is 0.550. The lowest BCUT2D eigenvalue weighted by Crippen LogP contribution is -2.58. The van der Waals surface area contributed by atoms with E-state index in [9.17, 15) is 32.4 Å². The van der Waals surface area contributed by atoms with Crippen molar-refractivity contribution in [2.75, 3.05) is 13.7 Å². The predicted octanol–water partition coefficient (Wildman–Crippen LogP) is 4.32. The molecule has 4 fully saturated rings. The van der Waals surface area contributed by atoms with E-state index in [0.29, 0.717) is 37.7 Å². The molecule has 0 bridgehead atoms. The summed E-state index contributed by atoms with van der Waals surface area (Å²) < 4.78 is 41.6. The Morgan fingerprint density at radius 2 is 1.79 bits per heavy atom. The fourth-order valence-electron chi connectivity index (χ4n) is 8.62. The molecule has 2 aliphatic heterocycles. The third kappa shape index (κ3) is 7.92. The zero-order chi connectivity index (χ0) is 39.9. The van der Waals surface area contributed by atoms with Crippen LogP contribution in [0, 0.1) is 5.92 Å². The van der Waals surface area contributed by atoms with Gasteiger partial charge in [0.25, 0.3) is 5.91 Å². The van der Waals surface area contributed by atoms with Crippen molar-refractivity contribution in [2.45, 2.75) is 118 Å². The molecule has 2 unspecified atom stereocenters. The molecule has 57 heavy (non-hydrogen) atoms. The average Bonchev–Trinajstić information content (AvgIpc) is 3.94. The van der Waals surface area contributed by atoms with Crippen molar-refractivity contribution in [1.29, 1.82) is 0 Å². The van der Waals surface area contributed by atoms with Crippen LogP contribution in [-0.4, -0.2) is 89.5 Å². The zero-order valence-corrected chi connectivity index (χ0v) is 33.4. The van der Waals surface area contributed by atoms with Crippen molar-refractivity contribution in [2.24, 2.45) is 5.92 Å². The molecule has 2 aromatic heterocycles. The molecule has 4 heterocycles. The number of carbonyl (C=O) groups is 4. The van der Waals surface area contributed by atoms with Crippen LogP contribution in [0.4, 0.5) is 4.79 Å². The highest BCUT2D eigenvalue weighted by molar-refractivity contribution is 7.91. The van der Waals surface area contributed by atoms with Crippen LogP contribution in [0.3, 0.4) is 0 Å². The van der Waals surface area contributed by atoms with E-state index in [1.54, 1.807) is 17.5 Å². The van der Waals surface area contributed by atoms with Crippen molar-refractivity contribution in [3.05, 3.63) is 58.3 Å². The summed E-state index contributed by atoms with van der Waals surface area (Å²) in [5.41, 5.74) is -0.828. The maximum Gasteiger partial charge on any atom is 0.408 e. The average molecular weight is 821 g/mol. The molecule has 0 spiro atoms. The number of amides is 4. The molecule has 0 radical (unpaired) electrons. The Kier molecular flexibility index (Phi) is 10.9. The monoisotopic (exact) mass is 820 g/mol. The van der Waals surface area contributed by atoms with Crippen LogP contribution in [0.15, 0.2) is 52.8 Å². The van der Waals surface area contributed by atoms with E-state index in [1.165, 1.54) is 16.7 Å². The van der Waals surface area contributed by atoms with Crippen molar-refractivity contribution in [3.8, 4) is 16.9 Å². The Morgan fingerprint density at radius 1 is 1.00 bits per heavy atom. The first-order valence-electron chi connectivity index (χ1n) is 19.9. The molecule has 15 nitrogen and oxygen atoms in total. The quantitative estimate of drug-likeness (QED) is 0.276. The van der Waals surface area contributed by atoms with Gasteiger partial charge >= 0.3 is 11.7 Å². The molecule has 5 aliphatic rings. The Balaban J connectivity index is 1.13. The third-order valence-corrected chi connectivity index (χ3v) is 14.7. The van der Waals surface area contributed by atoms with Crippen molar-refractivity contribution in [1.82, 2.24) is 30.0 Å². The van der Waals surface area contributed by atoms with E-state index >= 15 is 0 Å². The first-order valence-corrected chi connectivity index (χ1v) is 22.4. The van der Waals surface area contributed by atoms with Gasteiger partial charge in [-0.3, -0.25) is 23.9 Å². The number of sulfonamides is 1. The smallest absolute Gasteiger partial charge is 0.408 e. The van der Waals surface area contributed by atoms with Crippen molar-refractivity contribution in [3.63, 3.8) is 0 Å². The molecule has 304 valence electrons. The van der Waals surface area contributed by atoms with Gasteiger partial charge in [0.2, 0.25) is 21.8 Å². The maximum atomic E-state index is 14.7. The first kappa shape index (κ1) is 39.1. The van der Waals surface area contributed by atoms with Crippen LogP contribution < -0.4 is 25.7 Å². The molecule has 17 heteroatoms. The Bertz CT molecular complexity index is 2260. The summed E-state index contributed by atoms with van der Waals surface area (Å²) in [5.74, 6) is -2.43. The molecule has 8 rings (SSSR count). The van der Waals surface area contributed by atoms with E-state index in [0.717, 1.165) is 54.2 Å². The number of ether oxygens (including phenoxy) is 2. The zero-order valence-electron chi connectivity index (χ0n) is 31.8. The number of carbonyl (C=O) groups excluding carboxylic acids is 4. The number of hydrogen-bond acceptors (Lipinski definition) is 11. The topological polar surface area (TPSA) is 195 Å². The minimum Gasteiger partial charge on any atom is -0.491 e. The fourth-order valence-corrected chi connectivity index (χ4v) is 10.8. The Morgan fingerprint density at radius 3 is 2.56 bits per heavy atom. The van der Waals surface area contributed by atoms with Gasteiger partial charge in [-0.15, -0.1) is 11.3 Å². The SMILES string of the molecule is COc1c(-c2cccc3sccc23)cnn(C2C[C@H]3C(=O)NC4(C(=O)NS(=O)(=O)C5CC5)C[C@H]4/C=C\CCCCC[C@H](NC(=O)OC4CCCC4)C(=O)N3C2)c1=O. The van der Waals surface area contributed by atoms with Gasteiger partial charge in [0.1, 0.15) is 23.7 Å². The highest BCUT2D eigenvalue weighted by Crippen LogP contribution is 2.46. The van der Waals surface area contributed by atoms with Crippen LogP contribution >= 0.6 is 11.3 Å². The van der Waals surface area contributed by atoms with E-state index in [1.807, 2.05) is 41.8 Å². The summed E-state index contributed by atoms with van der Waals surface area (Å²) in [6, 6.07) is 4.72. The summed E-state index contributed by atoms with van der Waals surface area (Å²) in [6.45, 7) is -0.110. The van der Waals surface area contributed by atoms with Crippen molar-refractivity contribution < 1.29 is 37.1 Å². The lowest BCUT2D eigenvalue weighted by atomic mass is 10.0. The molecule has 1 saturated heterocycles. The van der Waals surface area contributed by atoms with E-state index in [4.69, 9.17) is 9.47 Å². The minimum absolute atomic E-state index is 0.0507. The molecule has 4 amide bonds. The summed E-state index contributed by atoms with van der Waals surface area (Å²) in [7, 11) is -2.52. The number of aromatic nitrogens is 2. The van der Waals surface area contributed by atoms with E-state index < -0.39 is 74.2 Å². The molecule has 5 atom stereocenters. The van der Waals surface area contributed by atoms with E-state index in [2.05, 4.69) is 20.5 Å². The van der Waals surface area contributed by atoms with E-state index in [-0.39, 0.29) is 31.2 Å². The number of nitrogens with zero attached hydrogens (tertiary/aromatic N) is 3. The van der Waals surface area contributed by atoms with Crippen LogP contribution in [0.5, 0.6) is 5.75 Å². The normalized spacial score (nSPS) is 27.7.